The molecule has 3 heterocycles. The highest BCUT2D eigenvalue weighted by molar-refractivity contribution is 7.97. The summed E-state index contributed by atoms with van der Waals surface area (Å²) in [5.41, 5.74) is 8.57. The van der Waals surface area contributed by atoms with Gasteiger partial charge in [-0.1, -0.05) is 0 Å². The summed E-state index contributed by atoms with van der Waals surface area (Å²) in [7, 11) is 3.18. The Morgan fingerprint density at radius 3 is 2.47 bits per heavy atom. The number of aryl methyl sites for hydroxylation is 1. The Labute approximate surface area is 213 Å². The van der Waals surface area contributed by atoms with E-state index in [2.05, 4.69) is 15.3 Å². The molecule has 194 valence electrons. The zero-order chi connectivity index (χ0) is 25.8. The van der Waals surface area contributed by atoms with E-state index >= 15 is 0 Å². The number of aromatic nitrogens is 2. The highest BCUT2D eigenvalue weighted by atomic mass is 32.2. The number of methoxy groups -OCH3 is 2. The van der Waals surface area contributed by atoms with E-state index in [0.29, 0.717) is 47.4 Å². The van der Waals surface area contributed by atoms with Crippen molar-refractivity contribution in [2.45, 2.75) is 31.3 Å². The summed E-state index contributed by atoms with van der Waals surface area (Å²) in [6, 6.07) is 6.01. The van der Waals surface area contributed by atoms with Gasteiger partial charge in [-0.25, -0.2) is 14.4 Å². The van der Waals surface area contributed by atoms with Crippen molar-refractivity contribution in [3.63, 3.8) is 0 Å². The summed E-state index contributed by atoms with van der Waals surface area (Å²) >= 11 is 1.75. The van der Waals surface area contributed by atoms with Crippen LogP contribution in [0.2, 0.25) is 0 Å². The lowest BCUT2D eigenvalue weighted by Gasteiger charge is -2.21. The molecule has 2 fully saturated rings. The van der Waals surface area contributed by atoms with Crippen molar-refractivity contribution in [3.05, 3.63) is 42.0 Å². The molecule has 5 rings (SSSR count). The fraction of sp³-hybridized carbons (Fsp3) is 0.440. The average Bonchev–Trinajstić information content (AvgIpc) is 3.44. The van der Waals surface area contributed by atoms with Crippen LogP contribution >= 0.6 is 11.8 Å². The lowest BCUT2D eigenvalue weighted by atomic mass is 10.1. The number of nitrogen functional groups attached to an aromatic ring is 1. The van der Waals surface area contributed by atoms with Crippen molar-refractivity contribution in [2.24, 2.45) is 0 Å². The molecule has 0 bridgehead atoms. The van der Waals surface area contributed by atoms with Crippen molar-refractivity contribution in [2.75, 3.05) is 51.0 Å². The highest BCUT2D eigenvalue weighted by Crippen LogP contribution is 2.39. The van der Waals surface area contributed by atoms with Crippen LogP contribution in [0.4, 0.5) is 21.6 Å². The molecule has 0 spiro atoms. The van der Waals surface area contributed by atoms with Crippen LogP contribution in [-0.4, -0.2) is 74.3 Å². The predicted octanol–water partition coefficient (Wildman–Crippen LogP) is 3.95. The molecule has 0 amide bonds. The topological polar surface area (TPSA) is 110 Å². The summed E-state index contributed by atoms with van der Waals surface area (Å²) < 4.78 is 42.9. The molecule has 0 saturated carbocycles. The minimum absolute atomic E-state index is 0.147. The molecule has 2 aromatic carbocycles. The monoisotopic (exact) mass is 518 g/mol. The number of nitrogens with one attached hydrogen (secondary N) is 1. The number of fused-ring (bicyclic) bond motifs is 2. The van der Waals surface area contributed by atoms with Crippen LogP contribution in [0.1, 0.15) is 5.56 Å². The van der Waals surface area contributed by atoms with Gasteiger partial charge in [0.15, 0.2) is 6.10 Å². The molecule has 2 saturated heterocycles. The number of ether oxygens (including phenoxy) is 5. The number of hydrogen-bond donors (Lipinski definition) is 2. The maximum Gasteiger partial charge on any atom is 0.151 e. The quantitative estimate of drug-likeness (QED) is 0.466. The summed E-state index contributed by atoms with van der Waals surface area (Å²) in [4.78, 5) is 8.73. The van der Waals surface area contributed by atoms with Gasteiger partial charge in [-0.2, -0.15) is 11.8 Å². The SMILES string of the molecule is COc1c(N)cc2ncnc(Nc3ccc(F)cc3OC3CO[C@@H]4C(OC)CO[C@H]34)c2c1C.CSC. The second-order valence-electron chi connectivity index (χ2n) is 8.44. The molecule has 36 heavy (non-hydrogen) atoms. The minimum Gasteiger partial charge on any atom is -0.494 e. The number of benzene rings is 2. The number of halogens is 1. The fourth-order valence-corrected chi connectivity index (χ4v) is 4.51. The lowest BCUT2D eigenvalue weighted by Crippen LogP contribution is -2.35. The first-order valence-corrected chi connectivity index (χ1v) is 13.0. The van der Waals surface area contributed by atoms with Gasteiger partial charge in [-0.3, -0.25) is 0 Å². The summed E-state index contributed by atoms with van der Waals surface area (Å²) in [5, 5.41) is 4.00. The Kier molecular flexibility index (Phi) is 8.35. The van der Waals surface area contributed by atoms with E-state index in [4.69, 9.17) is 29.4 Å². The van der Waals surface area contributed by atoms with E-state index in [9.17, 15) is 4.39 Å². The van der Waals surface area contributed by atoms with Gasteiger partial charge in [-0.05, 0) is 37.6 Å². The molecule has 2 unspecified atom stereocenters. The van der Waals surface area contributed by atoms with Crippen molar-refractivity contribution in [3.8, 4) is 11.5 Å². The highest BCUT2D eigenvalue weighted by Gasteiger charge is 2.49. The molecule has 0 radical (unpaired) electrons. The summed E-state index contributed by atoms with van der Waals surface area (Å²) in [6.45, 7) is 2.63. The lowest BCUT2D eigenvalue weighted by molar-refractivity contribution is -0.0138. The molecule has 4 atom stereocenters. The van der Waals surface area contributed by atoms with Gasteiger partial charge in [0.1, 0.15) is 47.8 Å². The summed E-state index contributed by atoms with van der Waals surface area (Å²) in [5.74, 6) is 0.965. The first-order valence-electron chi connectivity index (χ1n) is 11.4. The van der Waals surface area contributed by atoms with Crippen molar-refractivity contribution in [1.29, 1.82) is 0 Å². The normalized spacial score (nSPS) is 22.6. The van der Waals surface area contributed by atoms with Crippen LogP contribution < -0.4 is 20.5 Å². The fourth-order valence-electron chi connectivity index (χ4n) is 4.51. The standard InChI is InChI=1S/C23H25FN4O5.C2H6S/c1-11-19-15(7-13(25)20(11)30-3)26-10-27-23(19)28-14-5-4-12(24)6-16(14)33-18-9-32-21-17(29-2)8-31-22(18)21;1-3-2/h4-7,10,17-18,21-22H,8-9,25H2,1-3H3,(H,26,27,28);1-2H3/t17?,18?,21-,22-;/m1./s1. The van der Waals surface area contributed by atoms with Crippen LogP contribution in [0.3, 0.4) is 0 Å². The van der Waals surface area contributed by atoms with Crippen molar-refractivity contribution < 1.29 is 28.1 Å². The van der Waals surface area contributed by atoms with E-state index in [1.165, 1.54) is 18.5 Å². The molecule has 0 aliphatic carbocycles. The largest absolute Gasteiger partial charge is 0.494 e. The smallest absolute Gasteiger partial charge is 0.151 e. The van der Waals surface area contributed by atoms with Crippen LogP contribution in [0, 0.1) is 12.7 Å². The van der Waals surface area contributed by atoms with Crippen LogP contribution in [-0.2, 0) is 14.2 Å². The third-order valence-electron chi connectivity index (χ3n) is 6.09. The third kappa shape index (κ3) is 5.15. The molecular formula is C25H31FN4O5S. The third-order valence-corrected chi connectivity index (χ3v) is 6.09. The van der Waals surface area contributed by atoms with E-state index in [-0.39, 0.29) is 18.3 Å². The van der Waals surface area contributed by atoms with Crippen LogP contribution in [0.5, 0.6) is 11.5 Å². The molecule has 3 aromatic rings. The number of thioether (sulfide) groups is 1. The maximum absolute atomic E-state index is 14.2. The first-order chi connectivity index (χ1) is 17.4. The molecule has 9 nitrogen and oxygen atoms in total. The number of nitrogens with two attached hydrogens (primary N) is 1. The zero-order valence-electron chi connectivity index (χ0n) is 20.9. The number of hydrogen-bond acceptors (Lipinski definition) is 10. The van der Waals surface area contributed by atoms with Crippen molar-refractivity contribution >= 4 is 39.9 Å². The summed E-state index contributed by atoms with van der Waals surface area (Å²) in [6.07, 6.45) is 4.47. The van der Waals surface area contributed by atoms with Gasteiger partial charge in [0.05, 0.1) is 37.2 Å². The Morgan fingerprint density at radius 2 is 1.78 bits per heavy atom. The van der Waals surface area contributed by atoms with Gasteiger partial charge in [0, 0.05) is 24.1 Å². The van der Waals surface area contributed by atoms with Gasteiger partial charge in [0.25, 0.3) is 0 Å². The Balaban J connectivity index is 0.000000967. The van der Waals surface area contributed by atoms with Crippen LogP contribution in [0.25, 0.3) is 10.9 Å². The molecule has 11 heteroatoms. The Morgan fingerprint density at radius 1 is 1.08 bits per heavy atom. The maximum atomic E-state index is 14.2. The van der Waals surface area contributed by atoms with E-state index in [1.54, 1.807) is 38.1 Å². The van der Waals surface area contributed by atoms with Gasteiger partial charge >= 0.3 is 0 Å². The van der Waals surface area contributed by atoms with E-state index < -0.39 is 11.9 Å². The molecule has 2 aliphatic rings. The Hall–Kier alpha value is -2.86. The molecule has 1 aromatic heterocycles. The van der Waals surface area contributed by atoms with E-state index in [1.807, 2.05) is 19.4 Å². The van der Waals surface area contributed by atoms with Crippen LogP contribution in [0.15, 0.2) is 30.6 Å². The predicted molar refractivity (Wildman–Crippen MR) is 139 cm³/mol. The zero-order valence-corrected chi connectivity index (χ0v) is 21.7. The number of anilines is 3. The first kappa shape index (κ1) is 26.2. The number of nitrogens with zero attached hydrogens (tertiary/aromatic N) is 2. The minimum atomic E-state index is -0.425. The van der Waals surface area contributed by atoms with E-state index in [0.717, 1.165) is 10.9 Å². The average molecular weight is 519 g/mol. The van der Waals surface area contributed by atoms with Crippen molar-refractivity contribution in [1.82, 2.24) is 9.97 Å². The van der Waals surface area contributed by atoms with Gasteiger partial charge in [-0.15, -0.1) is 0 Å². The number of rotatable bonds is 6. The molecule has 3 N–H and O–H groups in total. The van der Waals surface area contributed by atoms with Gasteiger partial charge in [0.2, 0.25) is 0 Å². The second-order valence-corrected chi connectivity index (χ2v) is 9.26. The van der Waals surface area contributed by atoms with Gasteiger partial charge < -0.3 is 34.7 Å². The second kappa shape index (κ2) is 11.5. The molecule has 2 aliphatic heterocycles. The Bertz CT molecular complexity index is 1220. The molecular weight excluding hydrogens is 487 g/mol.